The van der Waals surface area contributed by atoms with Crippen LogP contribution in [0.3, 0.4) is 0 Å². The maximum Gasteiger partial charge on any atom is 0.279 e. The van der Waals surface area contributed by atoms with Crippen molar-refractivity contribution in [2.45, 2.75) is 25.8 Å². The smallest absolute Gasteiger partial charge is 0.279 e. The van der Waals surface area contributed by atoms with E-state index in [9.17, 15) is 8.42 Å². The van der Waals surface area contributed by atoms with Crippen LogP contribution in [-0.4, -0.2) is 71.0 Å². The molecule has 1 saturated heterocycles. The Hall–Kier alpha value is -0.210. The van der Waals surface area contributed by atoms with Crippen LogP contribution in [0.15, 0.2) is 0 Å². The normalized spacial score (nSPS) is 25.9. The van der Waals surface area contributed by atoms with E-state index in [1.54, 1.807) is 7.05 Å². The Morgan fingerprint density at radius 1 is 1.42 bits per heavy atom. The van der Waals surface area contributed by atoms with E-state index in [1.807, 2.05) is 7.05 Å². The van der Waals surface area contributed by atoms with E-state index in [4.69, 9.17) is 0 Å². The van der Waals surface area contributed by atoms with Crippen LogP contribution in [0, 0.1) is 5.92 Å². The lowest BCUT2D eigenvalue weighted by Crippen LogP contribution is -2.52. The van der Waals surface area contributed by atoms with E-state index in [2.05, 4.69) is 28.9 Å². The highest BCUT2D eigenvalue weighted by molar-refractivity contribution is 7.87. The summed E-state index contributed by atoms with van der Waals surface area (Å²) in [5.74, 6) is 0.347. The van der Waals surface area contributed by atoms with Gasteiger partial charge in [0.25, 0.3) is 10.2 Å². The average Bonchev–Trinajstić information content (AvgIpc) is 2.33. The fourth-order valence-corrected chi connectivity index (χ4v) is 3.69. The lowest BCUT2D eigenvalue weighted by Gasteiger charge is -2.35. The third kappa shape index (κ3) is 5.35. The van der Waals surface area contributed by atoms with Gasteiger partial charge >= 0.3 is 0 Å². The molecule has 6 nitrogen and oxygen atoms in total. The van der Waals surface area contributed by atoms with Gasteiger partial charge < -0.3 is 10.2 Å². The molecule has 114 valence electrons. The van der Waals surface area contributed by atoms with Crippen LogP contribution in [0.1, 0.15) is 19.8 Å². The van der Waals surface area contributed by atoms with Crippen LogP contribution in [0.5, 0.6) is 0 Å². The third-order valence-electron chi connectivity index (χ3n) is 3.72. The van der Waals surface area contributed by atoms with E-state index in [1.165, 1.54) is 4.31 Å². The van der Waals surface area contributed by atoms with Gasteiger partial charge in [0.2, 0.25) is 0 Å². The van der Waals surface area contributed by atoms with Crippen molar-refractivity contribution in [1.29, 1.82) is 0 Å². The number of hydrogen-bond donors (Lipinski definition) is 2. The number of nitrogens with zero attached hydrogens (tertiary/aromatic N) is 2. The van der Waals surface area contributed by atoms with Gasteiger partial charge in [0.1, 0.15) is 0 Å². The molecule has 0 saturated carbocycles. The zero-order chi connectivity index (χ0) is 14.5. The molecule has 1 rings (SSSR count). The summed E-state index contributed by atoms with van der Waals surface area (Å²) >= 11 is 0. The van der Waals surface area contributed by atoms with Crippen molar-refractivity contribution in [2.24, 2.45) is 5.92 Å². The van der Waals surface area contributed by atoms with Crippen molar-refractivity contribution in [1.82, 2.24) is 19.2 Å². The predicted octanol–water partition coefficient (Wildman–Crippen LogP) is -0.298. The molecule has 7 heteroatoms. The summed E-state index contributed by atoms with van der Waals surface area (Å²) in [5.41, 5.74) is 0. The summed E-state index contributed by atoms with van der Waals surface area (Å²) in [7, 11) is 2.23. The molecule has 19 heavy (non-hydrogen) atoms. The minimum atomic E-state index is -3.35. The minimum Gasteiger partial charge on any atom is -0.320 e. The Morgan fingerprint density at radius 2 is 2.11 bits per heavy atom. The molecule has 0 spiro atoms. The van der Waals surface area contributed by atoms with Crippen LogP contribution < -0.4 is 10.0 Å². The Kier molecular flexibility index (Phi) is 6.68. The van der Waals surface area contributed by atoms with Crippen molar-refractivity contribution in [2.75, 3.05) is 47.3 Å². The highest BCUT2D eigenvalue weighted by Crippen LogP contribution is 2.16. The number of hydrogen-bond acceptors (Lipinski definition) is 4. The summed E-state index contributed by atoms with van der Waals surface area (Å²) < 4.78 is 28.7. The van der Waals surface area contributed by atoms with Crippen LogP contribution in [0.4, 0.5) is 0 Å². The van der Waals surface area contributed by atoms with Gasteiger partial charge in [0.05, 0.1) is 0 Å². The molecule has 2 N–H and O–H groups in total. The van der Waals surface area contributed by atoms with Gasteiger partial charge in [0, 0.05) is 26.2 Å². The Morgan fingerprint density at radius 3 is 2.68 bits per heavy atom. The molecule has 0 bridgehead atoms. The third-order valence-corrected chi connectivity index (χ3v) is 5.32. The van der Waals surface area contributed by atoms with Crippen LogP contribution in [0.2, 0.25) is 0 Å². The Bertz CT molecular complexity index is 361. The van der Waals surface area contributed by atoms with Gasteiger partial charge in [-0.1, -0.05) is 6.92 Å². The van der Waals surface area contributed by atoms with Gasteiger partial charge in [-0.05, 0) is 45.9 Å². The first-order chi connectivity index (χ1) is 8.86. The van der Waals surface area contributed by atoms with Gasteiger partial charge in [0.15, 0.2) is 0 Å². The molecule has 0 aromatic carbocycles. The quantitative estimate of drug-likeness (QED) is 0.633. The molecule has 0 aromatic rings. The summed E-state index contributed by atoms with van der Waals surface area (Å²) in [5, 5.41) is 3.02. The van der Waals surface area contributed by atoms with Gasteiger partial charge in [-0.25, -0.2) is 0 Å². The fourth-order valence-electron chi connectivity index (χ4n) is 2.41. The van der Waals surface area contributed by atoms with Crippen molar-refractivity contribution in [3.05, 3.63) is 0 Å². The lowest BCUT2D eigenvalue weighted by molar-refractivity contribution is 0.187. The molecule has 0 radical (unpaired) electrons. The van der Waals surface area contributed by atoms with Crippen molar-refractivity contribution in [3.8, 4) is 0 Å². The fraction of sp³-hybridized carbons (Fsp3) is 1.00. The van der Waals surface area contributed by atoms with Crippen molar-refractivity contribution >= 4 is 10.2 Å². The molecule has 1 fully saturated rings. The van der Waals surface area contributed by atoms with Gasteiger partial charge in [-0.15, -0.1) is 0 Å². The molecular formula is C12H28N4O2S. The molecule has 2 atom stereocenters. The zero-order valence-electron chi connectivity index (χ0n) is 12.5. The monoisotopic (exact) mass is 292 g/mol. The highest BCUT2D eigenvalue weighted by Gasteiger charge is 2.29. The standard InChI is InChI=1S/C12H28N4O2S/c1-11-10-15(3)9-6-12(11)14-19(17,18)16(4)8-5-7-13-2/h11-14H,5-10H2,1-4H3. The predicted molar refractivity (Wildman–Crippen MR) is 78.3 cm³/mol. The summed E-state index contributed by atoms with van der Waals surface area (Å²) in [6.07, 6.45) is 1.69. The van der Waals surface area contributed by atoms with Gasteiger partial charge in [-0.3, -0.25) is 0 Å². The van der Waals surface area contributed by atoms with E-state index in [-0.39, 0.29) is 6.04 Å². The lowest BCUT2D eigenvalue weighted by atomic mass is 9.95. The van der Waals surface area contributed by atoms with Crippen LogP contribution in [0.25, 0.3) is 0 Å². The first-order valence-corrected chi connectivity index (χ1v) is 8.37. The molecule has 1 heterocycles. The SMILES string of the molecule is CNCCCN(C)S(=O)(=O)NC1CCN(C)CC1C. The van der Waals surface area contributed by atoms with E-state index in [0.29, 0.717) is 12.5 Å². The van der Waals surface area contributed by atoms with Gasteiger partial charge in [-0.2, -0.15) is 17.4 Å². The Labute approximate surface area is 117 Å². The van der Waals surface area contributed by atoms with E-state index < -0.39 is 10.2 Å². The second kappa shape index (κ2) is 7.54. The molecule has 1 aliphatic rings. The molecule has 1 aliphatic heterocycles. The first kappa shape index (κ1) is 16.8. The molecular weight excluding hydrogens is 264 g/mol. The number of nitrogens with one attached hydrogen (secondary N) is 2. The second-order valence-electron chi connectivity index (χ2n) is 5.54. The number of piperidine rings is 1. The number of rotatable bonds is 7. The molecule has 0 amide bonds. The van der Waals surface area contributed by atoms with E-state index >= 15 is 0 Å². The first-order valence-electron chi connectivity index (χ1n) is 6.93. The molecule has 0 aromatic heterocycles. The largest absolute Gasteiger partial charge is 0.320 e. The maximum atomic E-state index is 12.2. The van der Waals surface area contributed by atoms with Crippen LogP contribution >= 0.6 is 0 Å². The summed E-state index contributed by atoms with van der Waals surface area (Å²) in [6.45, 7) is 5.35. The summed E-state index contributed by atoms with van der Waals surface area (Å²) in [4.78, 5) is 2.24. The Balaban J connectivity index is 2.49. The maximum absolute atomic E-state index is 12.2. The van der Waals surface area contributed by atoms with Crippen molar-refractivity contribution in [3.63, 3.8) is 0 Å². The minimum absolute atomic E-state index is 0.0490. The average molecular weight is 292 g/mol. The second-order valence-corrected chi connectivity index (χ2v) is 7.35. The number of likely N-dealkylation sites (tertiary alicyclic amines) is 1. The molecule has 0 aliphatic carbocycles. The van der Waals surface area contributed by atoms with Crippen molar-refractivity contribution < 1.29 is 8.42 Å². The molecule has 2 unspecified atom stereocenters. The topological polar surface area (TPSA) is 64.7 Å². The zero-order valence-corrected chi connectivity index (χ0v) is 13.3. The van der Waals surface area contributed by atoms with Crippen LogP contribution in [-0.2, 0) is 10.2 Å². The highest BCUT2D eigenvalue weighted by atomic mass is 32.2. The van der Waals surface area contributed by atoms with E-state index in [0.717, 1.165) is 32.5 Å². The summed E-state index contributed by atoms with van der Waals surface area (Å²) in [6, 6.07) is 0.0490.